The number of aryl methyl sites for hydroxylation is 1. The molecule has 0 spiro atoms. The summed E-state index contributed by atoms with van der Waals surface area (Å²) < 4.78 is 69.5. The Kier molecular flexibility index (Phi) is 10.7. The van der Waals surface area contributed by atoms with E-state index < -0.39 is 56.9 Å². The molecule has 0 aromatic heterocycles. The predicted molar refractivity (Wildman–Crippen MR) is 156 cm³/mol. The molecule has 3 aromatic rings. The molecule has 0 saturated heterocycles. The van der Waals surface area contributed by atoms with Crippen LogP contribution in [0.4, 0.5) is 18.9 Å². The van der Waals surface area contributed by atoms with Crippen LogP contribution in [0, 0.1) is 12.8 Å². The lowest BCUT2D eigenvalue weighted by Gasteiger charge is -2.32. The van der Waals surface area contributed by atoms with Gasteiger partial charge in [-0.25, -0.2) is 8.42 Å². The van der Waals surface area contributed by atoms with Crippen molar-refractivity contribution >= 4 is 39.1 Å². The van der Waals surface area contributed by atoms with Gasteiger partial charge in [-0.2, -0.15) is 13.2 Å². The molecular formula is C30H33ClF3N3O4S. The standard InChI is InChI=1S/C30H33ClF3N3O4S/c1-20(2)17-35-29(39)22(4)36(18-23-8-6-5-7-9-23)28(38)19-37(42(40,41)25-13-10-21(3)11-14-25)24-12-15-27(31)26(16-24)30(32,33)34/h5-16,20,22H,17-19H2,1-4H3,(H,35,39)/t22-/m0/s1. The van der Waals surface area contributed by atoms with Crippen molar-refractivity contribution in [2.24, 2.45) is 5.92 Å². The largest absolute Gasteiger partial charge is 0.417 e. The quantitative estimate of drug-likeness (QED) is 0.282. The van der Waals surface area contributed by atoms with E-state index in [1.54, 1.807) is 49.4 Å². The monoisotopic (exact) mass is 623 g/mol. The lowest BCUT2D eigenvalue weighted by atomic mass is 10.1. The molecular weight excluding hydrogens is 591 g/mol. The van der Waals surface area contributed by atoms with Gasteiger partial charge in [0.15, 0.2) is 0 Å². The first-order chi connectivity index (χ1) is 19.6. The Morgan fingerprint density at radius 3 is 2.14 bits per heavy atom. The van der Waals surface area contributed by atoms with E-state index in [2.05, 4.69) is 5.32 Å². The second kappa shape index (κ2) is 13.6. The second-order valence-electron chi connectivity index (χ2n) is 10.3. The van der Waals surface area contributed by atoms with Crippen molar-refractivity contribution in [3.63, 3.8) is 0 Å². The van der Waals surface area contributed by atoms with Gasteiger partial charge in [-0.1, -0.05) is 73.5 Å². The van der Waals surface area contributed by atoms with E-state index in [-0.39, 0.29) is 17.4 Å². The molecule has 0 aliphatic carbocycles. The van der Waals surface area contributed by atoms with Crippen LogP contribution in [0.3, 0.4) is 0 Å². The van der Waals surface area contributed by atoms with Crippen LogP contribution in [-0.2, 0) is 32.3 Å². The molecule has 0 heterocycles. The first-order valence-electron chi connectivity index (χ1n) is 13.2. The zero-order valence-corrected chi connectivity index (χ0v) is 25.2. The molecule has 12 heteroatoms. The summed E-state index contributed by atoms with van der Waals surface area (Å²) >= 11 is 5.80. The minimum atomic E-state index is -4.88. The highest BCUT2D eigenvalue weighted by molar-refractivity contribution is 7.92. The maximum Gasteiger partial charge on any atom is 0.417 e. The summed E-state index contributed by atoms with van der Waals surface area (Å²) in [6.45, 7) is 6.53. The average molecular weight is 624 g/mol. The summed E-state index contributed by atoms with van der Waals surface area (Å²) in [7, 11) is -4.54. The predicted octanol–water partition coefficient (Wildman–Crippen LogP) is 6.05. The number of rotatable bonds is 11. The Morgan fingerprint density at radius 2 is 1.57 bits per heavy atom. The first kappa shape index (κ1) is 32.9. The third kappa shape index (κ3) is 8.25. The number of sulfonamides is 1. The Hall–Kier alpha value is -3.57. The SMILES string of the molecule is Cc1ccc(S(=O)(=O)N(CC(=O)N(Cc2ccccc2)[C@@H](C)C(=O)NCC(C)C)c2ccc(Cl)c(C(F)(F)F)c2)cc1. The number of carbonyl (C=O) groups excluding carboxylic acids is 2. The number of alkyl halides is 3. The molecule has 0 fully saturated rings. The molecule has 0 aliphatic rings. The molecule has 1 atom stereocenters. The van der Waals surface area contributed by atoms with E-state index in [1.807, 2.05) is 13.8 Å². The number of hydrogen-bond donors (Lipinski definition) is 1. The molecule has 2 amide bonds. The van der Waals surface area contributed by atoms with E-state index in [0.717, 1.165) is 17.7 Å². The number of amides is 2. The summed E-state index contributed by atoms with van der Waals surface area (Å²) in [6, 6.07) is 16.1. The Bertz CT molecular complexity index is 1500. The van der Waals surface area contributed by atoms with E-state index >= 15 is 0 Å². The van der Waals surface area contributed by atoms with Gasteiger partial charge >= 0.3 is 6.18 Å². The van der Waals surface area contributed by atoms with Crippen molar-refractivity contribution in [1.82, 2.24) is 10.2 Å². The van der Waals surface area contributed by atoms with E-state index in [1.165, 1.54) is 24.0 Å². The summed E-state index contributed by atoms with van der Waals surface area (Å²) in [5, 5.41) is 2.16. The van der Waals surface area contributed by atoms with Crippen molar-refractivity contribution in [3.8, 4) is 0 Å². The van der Waals surface area contributed by atoms with Crippen LogP contribution in [0.2, 0.25) is 5.02 Å². The first-order valence-corrected chi connectivity index (χ1v) is 15.0. The molecule has 0 unspecified atom stereocenters. The van der Waals surface area contributed by atoms with E-state index in [4.69, 9.17) is 11.6 Å². The van der Waals surface area contributed by atoms with Gasteiger partial charge < -0.3 is 10.2 Å². The van der Waals surface area contributed by atoms with Crippen molar-refractivity contribution < 1.29 is 31.2 Å². The lowest BCUT2D eigenvalue weighted by molar-refractivity contribution is -0.139. The normalized spacial score (nSPS) is 12.6. The molecule has 3 rings (SSSR count). The highest BCUT2D eigenvalue weighted by Crippen LogP contribution is 2.38. The Balaban J connectivity index is 2.09. The zero-order chi connectivity index (χ0) is 31.2. The molecule has 3 aromatic carbocycles. The molecule has 7 nitrogen and oxygen atoms in total. The van der Waals surface area contributed by atoms with Gasteiger partial charge in [-0.3, -0.25) is 13.9 Å². The number of carbonyl (C=O) groups is 2. The summed E-state index contributed by atoms with van der Waals surface area (Å²) in [4.78, 5) is 27.9. The van der Waals surface area contributed by atoms with Gasteiger partial charge in [-0.05, 0) is 55.7 Å². The Labute approximate surface area is 249 Å². The van der Waals surface area contributed by atoms with Gasteiger partial charge in [0.1, 0.15) is 12.6 Å². The minimum Gasteiger partial charge on any atom is -0.354 e. The molecule has 0 saturated carbocycles. The van der Waals surface area contributed by atoms with Crippen LogP contribution >= 0.6 is 11.6 Å². The average Bonchev–Trinajstić information content (AvgIpc) is 2.93. The Morgan fingerprint density at radius 1 is 0.952 bits per heavy atom. The van der Waals surface area contributed by atoms with Crippen LogP contribution in [-0.4, -0.2) is 44.3 Å². The van der Waals surface area contributed by atoms with Crippen LogP contribution in [0.15, 0.2) is 77.7 Å². The highest BCUT2D eigenvalue weighted by atomic mass is 35.5. The second-order valence-corrected chi connectivity index (χ2v) is 12.6. The molecule has 0 bridgehead atoms. The number of halogens is 4. The topological polar surface area (TPSA) is 86.8 Å². The third-order valence-electron chi connectivity index (χ3n) is 6.48. The molecule has 0 radical (unpaired) electrons. The lowest BCUT2D eigenvalue weighted by Crippen LogP contribution is -2.51. The number of benzene rings is 3. The van der Waals surface area contributed by atoms with Gasteiger partial charge in [0.25, 0.3) is 10.0 Å². The van der Waals surface area contributed by atoms with Gasteiger partial charge in [0.2, 0.25) is 11.8 Å². The van der Waals surface area contributed by atoms with Crippen molar-refractivity contribution in [2.45, 2.75) is 51.4 Å². The van der Waals surface area contributed by atoms with E-state index in [9.17, 15) is 31.2 Å². The fourth-order valence-corrected chi connectivity index (χ4v) is 5.70. The molecule has 226 valence electrons. The van der Waals surface area contributed by atoms with Crippen molar-refractivity contribution in [3.05, 3.63) is 94.5 Å². The fraction of sp³-hybridized carbons (Fsp3) is 0.333. The molecule has 42 heavy (non-hydrogen) atoms. The maximum absolute atomic E-state index is 13.9. The number of nitrogens with one attached hydrogen (secondary N) is 1. The fourth-order valence-electron chi connectivity index (χ4n) is 4.07. The molecule has 0 aliphatic heterocycles. The van der Waals surface area contributed by atoms with Crippen molar-refractivity contribution in [2.75, 3.05) is 17.4 Å². The van der Waals surface area contributed by atoms with E-state index in [0.29, 0.717) is 22.5 Å². The van der Waals surface area contributed by atoms with Gasteiger partial charge in [0, 0.05) is 13.1 Å². The van der Waals surface area contributed by atoms with Crippen molar-refractivity contribution in [1.29, 1.82) is 0 Å². The summed E-state index contributed by atoms with van der Waals surface area (Å²) in [5.74, 6) is -1.10. The van der Waals surface area contributed by atoms with Crippen LogP contribution in [0.25, 0.3) is 0 Å². The van der Waals surface area contributed by atoms with Crippen LogP contribution in [0.5, 0.6) is 0 Å². The number of nitrogens with zero attached hydrogens (tertiary/aromatic N) is 2. The smallest absolute Gasteiger partial charge is 0.354 e. The third-order valence-corrected chi connectivity index (χ3v) is 8.60. The van der Waals surface area contributed by atoms with Gasteiger partial charge in [0.05, 0.1) is 21.2 Å². The summed E-state index contributed by atoms with van der Waals surface area (Å²) in [6.07, 6.45) is -4.88. The number of anilines is 1. The maximum atomic E-state index is 13.9. The highest BCUT2D eigenvalue weighted by Gasteiger charge is 2.37. The zero-order valence-electron chi connectivity index (χ0n) is 23.7. The van der Waals surface area contributed by atoms with Gasteiger partial charge in [-0.15, -0.1) is 0 Å². The van der Waals surface area contributed by atoms with Crippen LogP contribution in [0.1, 0.15) is 37.5 Å². The van der Waals surface area contributed by atoms with Crippen LogP contribution < -0.4 is 9.62 Å². The molecule has 1 N–H and O–H groups in total. The minimum absolute atomic E-state index is 0.0389. The summed E-state index contributed by atoms with van der Waals surface area (Å²) in [5.41, 5.74) is -0.219. The number of hydrogen-bond acceptors (Lipinski definition) is 4.